The zero-order valence-electron chi connectivity index (χ0n) is 12.3. The van der Waals surface area contributed by atoms with Crippen LogP contribution >= 0.6 is 11.6 Å². The van der Waals surface area contributed by atoms with Gasteiger partial charge in [0.15, 0.2) is 0 Å². The zero-order chi connectivity index (χ0) is 15.5. The van der Waals surface area contributed by atoms with Gasteiger partial charge in [-0.15, -0.1) is 10.2 Å². The summed E-state index contributed by atoms with van der Waals surface area (Å²) in [7, 11) is 0. The largest absolute Gasteiger partial charge is 0.349 e. The van der Waals surface area contributed by atoms with Crippen molar-refractivity contribution >= 4 is 17.5 Å². The number of nitrogens with zero attached hydrogens (tertiary/aromatic N) is 3. The average Bonchev–Trinajstić information content (AvgIpc) is 2.98. The molecule has 1 aromatic carbocycles. The summed E-state index contributed by atoms with van der Waals surface area (Å²) in [5, 5.41) is 17.2. The molecular formula is C15H18ClN5O. The average molecular weight is 320 g/mol. The molecule has 0 bridgehead atoms. The van der Waals surface area contributed by atoms with Gasteiger partial charge in [-0.1, -0.05) is 24.9 Å². The predicted octanol–water partition coefficient (Wildman–Crippen LogP) is 2.83. The molecule has 1 amide bonds. The van der Waals surface area contributed by atoms with Crippen molar-refractivity contribution in [3.05, 3.63) is 28.8 Å². The number of tetrazole rings is 1. The number of halogens is 1. The van der Waals surface area contributed by atoms with Crippen LogP contribution in [-0.2, 0) is 0 Å². The SMILES string of the molecule is CCC(NC(=O)c1ccc(-c2nn[nH]n2)c(Cl)c1)C1CCC1. The molecular weight excluding hydrogens is 302 g/mol. The first-order valence-electron chi connectivity index (χ1n) is 7.53. The van der Waals surface area contributed by atoms with Crippen LogP contribution in [0.15, 0.2) is 18.2 Å². The molecule has 3 rings (SSSR count). The number of hydrogen-bond acceptors (Lipinski definition) is 4. The summed E-state index contributed by atoms with van der Waals surface area (Å²) in [4.78, 5) is 12.4. The Morgan fingerprint density at radius 2 is 2.32 bits per heavy atom. The van der Waals surface area contributed by atoms with Gasteiger partial charge in [-0.2, -0.15) is 5.21 Å². The minimum atomic E-state index is -0.0830. The summed E-state index contributed by atoms with van der Waals surface area (Å²) < 4.78 is 0. The van der Waals surface area contributed by atoms with Crippen LogP contribution in [0.1, 0.15) is 43.0 Å². The highest BCUT2D eigenvalue weighted by Gasteiger charge is 2.27. The third-order valence-corrected chi connectivity index (χ3v) is 4.61. The summed E-state index contributed by atoms with van der Waals surface area (Å²) in [6.07, 6.45) is 4.62. The predicted molar refractivity (Wildman–Crippen MR) is 83.5 cm³/mol. The molecule has 1 heterocycles. The third kappa shape index (κ3) is 2.97. The minimum absolute atomic E-state index is 0.0830. The molecule has 1 aliphatic carbocycles. The Bertz CT molecular complexity index is 654. The number of nitrogens with one attached hydrogen (secondary N) is 2. The maximum atomic E-state index is 12.4. The first kappa shape index (κ1) is 15.0. The number of carbonyl (C=O) groups is 1. The number of aromatic amines is 1. The van der Waals surface area contributed by atoms with E-state index < -0.39 is 0 Å². The molecule has 0 aliphatic heterocycles. The molecule has 2 aromatic rings. The van der Waals surface area contributed by atoms with Crippen LogP contribution in [0.25, 0.3) is 11.4 Å². The van der Waals surface area contributed by atoms with E-state index in [0.29, 0.717) is 27.9 Å². The molecule has 0 radical (unpaired) electrons. The monoisotopic (exact) mass is 319 g/mol. The van der Waals surface area contributed by atoms with Gasteiger partial charge in [0.2, 0.25) is 5.82 Å². The van der Waals surface area contributed by atoms with E-state index in [0.717, 1.165) is 6.42 Å². The Balaban J connectivity index is 1.74. The van der Waals surface area contributed by atoms with Crippen molar-refractivity contribution < 1.29 is 4.79 Å². The number of hydrogen-bond donors (Lipinski definition) is 2. The van der Waals surface area contributed by atoms with Crippen LogP contribution in [0.5, 0.6) is 0 Å². The molecule has 116 valence electrons. The highest BCUT2D eigenvalue weighted by Crippen LogP contribution is 2.31. The molecule has 0 saturated heterocycles. The number of rotatable bonds is 5. The van der Waals surface area contributed by atoms with Gasteiger partial charge in [0.05, 0.1) is 5.02 Å². The van der Waals surface area contributed by atoms with Gasteiger partial charge in [0.25, 0.3) is 5.91 Å². The van der Waals surface area contributed by atoms with E-state index >= 15 is 0 Å². The summed E-state index contributed by atoms with van der Waals surface area (Å²) in [5.41, 5.74) is 1.20. The van der Waals surface area contributed by atoms with Crippen molar-refractivity contribution in [1.82, 2.24) is 25.9 Å². The Kier molecular flexibility index (Phi) is 4.38. The van der Waals surface area contributed by atoms with Crippen molar-refractivity contribution in [2.24, 2.45) is 5.92 Å². The summed E-state index contributed by atoms with van der Waals surface area (Å²) in [6.45, 7) is 2.11. The summed E-state index contributed by atoms with van der Waals surface area (Å²) in [5.74, 6) is 0.946. The molecule has 6 nitrogen and oxygen atoms in total. The molecule has 7 heteroatoms. The number of aromatic nitrogens is 4. The van der Waals surface area contributed by atoms with Crippen LogP contribution < -0.4 is 5.32 Å². The van der Waals surface area contributed by atoms with Crippen LogP contribution in [0.3, 0.4) is 0 Å². The van der Waals surface area contributed by atoms with Gasteiger partial charge in [-0.3, -0.25) is 4.79 Å². The van der Waals surface area contributed by atoms with E-state index in [1.165, 1.54) is 19.3 Å². The fourth-order valence-electron chi connectivity index (χ4n) is 2.76. The fourth-order valence-corrected chi connectivity index (χ4v) is 3.03. The minimum Gasteiger partial charge on any atom is -0.349 e. The molecule has 1 aliphatic rings. The van der Waals surface area contributed by atoms with Crippen LogP contribution in [0, 0.1) is 5.92 Å². The molecule has 1 fully saturated rings. The quantitative estimate of drug-likeness (QED) is 0.887. The van der Waals surface area contributed by atoms with Crippen LogP contribution in [0.4, 0.5) is 0 Å². The van der Waals surface area contributed by atoms with E-state index in [1.54, 1.807) is 18.2 Å². The topological polar surface area (TPSA) is 83.6 Å². The molecule has 22 heavy (non-hydrogen) atoms. The number of benzene rings is 1. The first-order valence-corrected chi connectivity index (χ1v) is 7.91. The molecule has 0 spiro atoms. The lowest BCUT2D eigenvalue weighted by atomic mass is 9.78. The van der Waals surface area contributed by atoms with Crippen LogP contribution in [0.2, 0.25) is 5.02 Å². The van der Waals surface area contributed by atoms with E-state index in [-0.39, 0.29) is 11.9 Å². The van der Waals surface area contributed by atoms with E-state index in [9.17, 15) is 4.79 Å². The second-order valence-corrected chi connectivity index (χ2v) is 6.02. The summed E-state index contributed by atoms with van der Waals surface area (Å²) in [6, 6.07) is 5.37. The molecule has 1 atom stereocenters. The Hall–Kier alpha value is -1.95. The van der Waals surface area contributed by atoms with E-state index in [2.05, 4.69) is 32.9 Å². The lowest BCUT2D eigenvalue weighted by Gasteiger charge is -2.33. The second-order valence-electron chi connectivity index (χ2n) is 5.61. The molecule has 2 N–H and O–H groups in total. The van der Waals surface area contributed by atoms with Crippen molar-refractivity contribution in [2.75, 3.05) is 0 Å². The molecule has 1 unspecified atom stereocenters. The van der Waals surface area contributed by atoms with Crippen molar-refractivity contribution in [1.29, 1.82) is 0 Å². The van der Waals surface area contributed by atoms with Gasteiger partial charge in [-0.05, 0) is 48.6 Å². The Morgan fingerprint density at radius 1 is 1.50 bits per heavy atom. The lowest BCUT2D eigenvalue weighted by molar-refractivity contribution is 0.0899. The molecule has 1 aromatic heterocycles. The highest BCUT2D eigenvalue weighted by molar-refractivity contribution is 6.33. The standard InChI is InChI=1S/C15H18ClN5O/c1-2-13(9-4-3-5-9)17-15(22)10-6-7-11(12(16)8-10)14-18-20-21-19-14/h6-9,13H,2-5H2,1H3,(H,17,22)(H,18,19,20,21). The van der Waals surface area contributed by atoms with Crippen molar-refractivity contribution in [3.63, 3.8) is 0 Å². The van der Waals surface area contributed by atoms with E-state index in [1.807, 2.05) is 0 Å². The highest BCUT2D eigenvalue weighted by atomic mass is 35.5. The maximum Gasteiger partial charge on any atom is 0.251 e. The van der Waals surface area contributed by atoms with Crippen LogP contribution in [-0.4, -0.2) is 32.6 Å². The smallest absolute Gasteiger partial charge is 0.251 e. The lowest BCUT2D eigenvalue weighted by Crippen LogP contribution is -2.42. The maximum absolute atomic E-state index is 12.4. The number of H-pyrrole nitrogens is 1. The second kappa shape index (κ2) is 6.44. The summed E-state index contributed by atoms with van der Waals surface area (Å²) >= 11 is 6.23. The normalized spacial score (nSPS) is 16.1. The van der Waals surface area contributed by atoms with Crippen molar-refractivity contribution in [2.45, 2.75) is 38.6 Å². The van der Waals surface area contributed by atoms with Gasteiger partial charge in [0, 0.05) is 17.2 Å². The first-order chi connectivity index (χ1) is 10.7. The van der Waals surface area contributed by atoms with Crippen molar-refractivity contribution in [3.8, 4) is 11.4 Å². The van der Waals surface area contributed by atoms with Gasteiger partial charge < -0.3 is 5.32 Å². The fraction of sp³-hybridized carbons (Fsp3) is 0.467. The number of amides is 1. The third-order valence-electron chi connectivity index (χ3n) is 4.29. The van der Waals surface area contributed by atoms with E-state index in [4.69, 9.17) is 11.6 Å². The zero-order valence-corrected chi connectivity index (χ0v) is 13.1. The Morgan fingerprint density at radius 3 is 2.86 bits per heavy atom. The number of carbonyl (C=O) groups excluding carboxylic acids is 1. The van der Waals surface area contributed by atoms with Gasteiger partial charge in [0.1, 0.15) is 0 Å². The molecule has 1 saturated carbocycles. The van der Waals surface area contributed by atoms with Gasteiger partial charge >= 0.3 is 0 Å². The van der Waals surface area contributed by atoms with Gasteiger partial charge in [-0.25, -0.2) is 0 Å². The Labute approximate surface area is 133 Å².